The summed E-state index contributed by atoms with van der Waals surface area (Å²) in [6.07, 6.45) is 4.39. The molecule has 0 aliphatic heterocycles. The lowest BCUT2D eigenvalue weighted by Crippen LogP contribution is -2.19. The minimum absolute atomic E-state index is 0.304. The number of hydrogen-bond donors (Lipinski definition) is 1. The fourth-order valence-corrected chi connectivity index (χ4v) is 2.27. The summed E-state index contributed by atoms with van der Waals surface area (Å²) in [4.78, 5) is 0. The van der Waals surface area contributed by atoms with Gasteiger partial charge in [0, 0.05) is 0 Å². The van der Waals surface area contributed by atoms with E-state index in [1.807, 2.05) is 6.07 Å². The van der Waals surface area contributed by atoms with Crippen molar-refractivity contribution in [3.8, 4) is 5.75 Å². The topological polar surface area (TPSA) is 69.4 Å². The molecule has 15 heavy (non-hydrogen) atoms. The van der Waals surface area contributed by atoms with Gasteiger partial charge in [0.25, 0.3) is 0 Å². The van der Waals surface area contributed by atoms with Gasteiger partial charge in [-0.15, -0.1) is 0 Å². The molecule has 1 aromatic rings. The predicted octanol–water partition coefficient (Wildman–Crippen LogP) is 1.15. The van der Waals surface area contributed by atoms with Crippen molar-refractivity contribution in [1.82, 2.24) is 0 Å². The van der Waals surface area contributed by atoms with Crippen molar-refractivity contribution >= 4 is 10.3 Å². The van der Waals surface area contributed by atoms with Crippen LogP contribution in [-0.2, 0) is 23.1 Å². The van der Waals surface area contributed by atoms with E-state index in [1.54, 1.807) is 12.1 Å². The van der Waals surface area contributed by atoms with E-state index in [2.05, 4.69) is 4.18 Å². The molecule has 0 bridgehead atoms. The zero-order valence-corrected chi connectivity index (χ0v) is 9.09. The van der Waals surface area contributed by atoms with Crippen LogP contribution in [0.1, 0.15) is 24.0 Å². The van der Waals surface area contributed by atoms with Crippen LogP contribution in [0.5, 0.6) is 5.75 Å². The summed E-state index contributed by atoms with van der Waals surface area (Å²) >= 11 is 0. The monoisotopic (exact) mass is 227 g/mol. The molecule has 0 aromatic heterocycles. The smallest absolute Gasteiger partial charge is 0.371 e. The zero-order valence-electron chi connectivity index (χ0n) is 8.27. The van der Waals surface area contributed by atoms with Crippen molar-refractivity contribution in [1.29, 1.82) is 0 Å². The third-order valence-corrected chi connectivity index (χ3v) is 2.96. The Hall–Kier alpha value is -1.07. The zero-order chi connectivity index (χ0) is 10.9. The van der Waals surface area contributed by atoms with E-state index in [4.69, 9.17) is 5.14 Å². The van der Waals surface area contributed by atoms with Gasteiger partial charge < -0.3 is 4.18 Å². The Morgan fingerprint density at radius 2 is 1.80 bits per heavy atom. The highest BCUT2D eigenvalue weighted by Gasteiger charge is 2.11. The molecule has 0 amide bonds. The maximum atomic E-state index is 10.7. The molecule has 0 unspecified atom stereocenters. The van der Waals surface area contributed by atoms with Crippen LogP contribution >= 0.6 is 0 Å². The molecule has 0 heterocycles. The van der Waals surface area contributed by atoms with Gasteiger partial charge in [0.2, 0.25) is 0 Å². The molecule has 82 valence electrons. The average molecular weight is 227 g/mol. The summed E-state index contributed by atoms with van der Waals surface area (Å²) in [5.41, 5.74) is 2.45. The summed E-state index contributed by atoms with van der Waals surface area (Å²) in [5, 5.41) is 4.79. The fourth-order valence-electron chi connectivity index (χ4n) is 1.90. The highest BCUT2D eigenvalue weighted by atomic mass is 32.2. The predicted molar refractivity (Wildman–Crippen MR) is 56.8 cm³/mol. The molecule has 0 fully saturated rings. The molecular formula is C10H13NO3S. The molecule has 2 N–H and O–H groups in total. The van der Waals surface area contributed by atoms with E-state index < -0.39 is 10.3 Å². The number of nitrogens with two attached hydrogens (primary N) is 1. The molecule has 0 spiro atoms. The van der Waals surface area contributed by atoms with Crippen LogP contribution in [0.2, 0.25) is 0 Å². The number of fused-ring (bicyclic) bond motifs is 1. The van der Waals surface area contributed by atoms with Crippen LogP contribution in [0, 0.1) is 0 Å². The van der Waals surface area contributed by atoms with Gasteiger partial charge in [0.15, 0.2) is 0 Å². The van der Waals surface area contributed by atoms with E-state index in [1.165, 1.54) is 17.5 Å². The molecule has 1 aliphatic carbocycles. The minimum Gasteiger partial charge on any atom is -0.371 e. The van der Waals surface area contributed by atoms with Crippen molar-refractivity contribution in [3.63, 3.8) is 0 Å². The molecule has 1 aliphatic rings. The van der Waals surface area contributed by atoms with E-state index in [9.17, 15) is 8.42 Å². The molecule has 4 nitrogen and oxygen atoms in total. The average Bonchev–Trinajstić information content (AvgIpc) is 2.15. The Labute approximate surface area is 89.3 Å². The molecule has 0 radical (unpaired) electrons. The lowest BCUT2D eigenvalue weighted by Gasteiger charge is -2.16. The maximum absolute atomic E-state index is 10.7. The SMILES string of the molecule is NS(=O)(=O)Oc1ccc2c(c1)CCCC2. The minimum atomic E-state index is -3.90. The molecule has 1 aromatic carbocycles. The summed E-state index contributed by atoms with van der Waals surface area (Å²) in [6, 6.07) is 5.32. The number of rotatable bonds is 2. The van der Waals surface area contributed by atoms with Gasteiger partial charge in [-0.2, -0.15) is 13.6 Å². The van der Waals surface area contributed by atoms with Gasteiger partial charge in [-0.25, -0.2) is 0 Å². The number of benzene rings is 1. The van der Waals surface area contributed by atoms with Crippen LogP contribution in [0.4, 0.5) is 0 Å². The second kappa shape index (κ2) is 3.83. The van der Waals surface area contributed by atoms with Crippen molar-refractivity contribution < 1.29 is 12.6 Å². The van der Waals surface area contributed by atoms with Crippen molar-refractivity contribution in [3.05, 3.63) is 29.3 Å². The fraction of sp³-hybridized carbons (Fsp3) is 0.400. The number of hydrogen-bond acceptors (Lipinski definition) is 3. The van der Waals surface area contributed by atoms with Crippen LogP contribution in [0.3, 0.4) is 0 Å². The third kappa shape index (κ3) is 2.70. The first kappa shape index (κ1) is 10.4. The Morgan fingerprint density at radius 3 is 2.47 bits per heavy atom. The normalized spacial score (nSPS) is 15.8. The summed E-state index contributed by atoms with van der Waals surface area (Å²) in [7, 11) is -3.90. The van der Waals surface area contributed by atoms with Crippen LogP contribution in [0.25, 0.3) is 0 Å². The molecule has 2 rings (SSSR count). The van der Waals surface area contributed by atoms with Crippen molar-refractivity contribution in [2.45, 2.75) is 25.7 Å². The maximum Gasteiger partial charge on any atom is 0.380 e. The molecular weight excluding hydrogens is 214 g/mol. The summed E-state index contributed by atoms with van der Waals surface area (Å²) in [6.45, 7) is 0. The van der Waals surface area contributed by atoms with E-state index >= 15 is 0 Å². The highest BCUT2D eigenvalue weighted by Crippen LogP contribution is 2.25. The standard InChI is InChI=1S/C10H13NO3S/c11-15(12,13)14-10-6-5-8-3-1-2-4-9(8)7-10/h5-7H,1-4H2,(H2,11,12,13). The van der Waals surface area contributed by atoms with Gasteiger partial charge in [0.05, 0.1) is 0 Å². The van der Waals surface area contributed by atoms with Crippen molar-refractivity contribution in [2.75, 3.05) is 0 Å². The Kier molecular flexibility index (Phi) is 2.67. The first-order valence-electron chi connectivity index (χ1n) is 4.88. The van der Waals surface area contributed by atoms with Crippen molar-refractivity contribution in [2.24, 2.45) is 5.14 Å². The Balaban J connectivity index is 2.28. The molecule has 0 saturated carbocycles. The van der Waals surface area contributed by atoms with Gasteiger partial charge in [-0.05, 0) is 48.9 Å². The Bertz CT molecular complexity index is 468. The quantitative estimate of drug-likeness (QED) is 0.823. The first-order valence-corrected chi connectivity index (χ1v) is 6.36. The number of aryl methyl sites for hydroxylation is 2. The lowest BCUT2D eigenvalue weighted by molar-refractivity contribution is 0.487. The second-order valence-corrected chi connectivity index (χ2v) is 4.87. The first-order chi connectivity index (χ1) is 7.04. The summed E-state index contributed by atoms with van der Waals surface area (Å²) in [5.74, 6) is 0.304. The highest BCUT2D eigenvalue weighted by molar-refractivity contribution is 7.84. The summed E-state index contributed by atoms with van der Waals surface area (Å²) < 4.78 is 26.1. The van der Waals surface area contributed by atoms with E-state index in [-0.39, 0.29) is 0 Å². The van der Waals surface area contributed by atoms with E-state index in [0.717, 1.165) is 19.3 Å². The van der Waals surface area contributed by atoms with Crippen LogP contribution in [-0.4, -0.2) is 8.42 Å². The van der Waals surface area contributed by atoms with Gasteiger partial charge in [0.1, 0.15) is 5.75 Å². The molecule has 0 atom stereocenters. The van der Waals surface area contributed by atoms with Gasteiger partial charge in [-0.3, -0.25) is 0 Å². The van der Waals surface area contributed by atoms with Gasteiger partial charge >= 0.3 is 10.3 Å². The lowest BCUT2D eigenvalue weighted by atomic mass is 9.92. The Morgan fingerprint density at radius 1 is 1.13 bits per heavy atom. The van der Waals surface area contributed by atoms with Gasteiger partial charge in [-0.1, -0.05) is 6.07 Å². The molecule has 5 heteroatoms. The second-order valence-electron chi connectivity index (χ2n) is 3.71. The van der Waals surface area contributed by atoms with Crippen LogP contribution < -0.4 is 9.32 Å². The third-order valence-electron chi connectivity index (χ3n) is 2.53. The van der Waals surface area contributed by atoms with Crippen LogP contribution in [0.15, 0.2) is 18.2 Å². The molecule has 0 saturated heterocycles. The van der Waals surface area contributed by atoms with E-state index in [0.29, 0.717) is 5.75 Å². The largest absolute Gasteiger partial charge is 0.380 e.